The van der Waals surface area contributed by atoms with Gasteiger partial charge in [-0.1, -0.05) is 13.3 Å². The molecule has 0 aromatic carbocycles. The van der Waals surface area contributed by atoms with Crippen molar-refractivity contribution in [2.45, 2.75) is 64.0 Å². The lowest BCUT2D eigenvalue weighted by atomic mass is 9.83. The molecule has 0 bridgehead atoms. The van der Waals surface area contributed by atoms with Crippen molar-refractivity contribution in [1.82, 2.24) is 10.2 Å². The van der Waals surface area contributed by atoms with Gasteiger partial charge >= 0.3 is 0 Å². The van der Waals surface area contributed by atoms with Gasteiger partial charge in [0, 0.05) is 18.6 Å². The van der Waals surface area contributed by atoms with E-state index in [1.54, 1.807) is 0 Å². The standard InChI is InChI=1S/C14H28N2/c1-3-12-6-8-13(9-7-12)16(2)14-5-4-10-15-11-14/h12-15H,3-11H2,1-2H3. The Hall–Kier alpha value is -0.0800. The first-order valence-corrected chi connectivity index (χ1v) is 7.24. The Morgan fingerprint density at radius 2 is 1.81 bits per heavy atom. The van der Waals surface area contributed by atoms with Crippen LogP contribution in [0.5, 0.6) is 0 Å². The molecule has 0 amide bonds. The van der Waals surface area contributed by atoms with Crippen LogP contribution in [0.15, 0.2) is 0 Å². The van der Waals surface area contributed by atoms with Crippen LogP contribution in [0.3, 0.4) is 0 Å². The van der Waals surface area contributed by atoms with Crippen LogP contribution in [0.25, 0.3) is 0 Å². The lowest BCUT2D eigenvalue weighted by Crippen LogP contribution is -2.49. The molecule has 1 atom stereocenters. The highest BCUT2D eigenvalue weighted by Crippen LogP contribution is 2.30. The van der Waals surface area contributed by atoms with E-state index in [9.17, 15) is 0 Å². The molecule has 0 aromatic heterocycles. The monoisotopic (exact) mass is 224 g/mol. The Balaban J connectivity index is 1.78. The molecule has 16 heavy (non-hydrogen) atoms. The second-order valence-corrected chi connectivity index (χ2v) is 5.75. The van der Waals surface area contributed by atoms with E-state index < -0.39 is 0 Å². The van der Waals surface area contributed by atoms with E-state index in [0.29, 0.717) is 0 Å². The van der Waals surface area contributed by atoms with Crippen LogP contribution in [-0.4, -0.2) is 37.1 Å². The molecule has 1 heterocycles. The quantitative estimate of drug-likeness (QED) is 0.793. The van der Waals surface area contributed by atoms with Crippen molar-refractivity contribution in [1.29, 1.82) is 0 Å². The van der Waals surface area contributed by atoms with Gasteiger partial charge in [-0.2, -0.15) is 0 Å². The van der Waals surface area contributed by atoms with Gasteiger partial charge in [0.15, 0.2) is 0 Å². The largest absolute Gasteiger partial charge is 0.315 e. The van der Waals surface area contributed by atoms with Crippen LogP contribution >= 0.6 is 0 Å². The van der Waals surface area contributed by atoms with Gasteiger partial charge in [-0.25, -0.2) is 0 Å². The van der Waals surface area contributed by atoms with Crippen molar-refractivity contribution in [3.63, 3.8) is 0 Å². The second kappa shape index (κ2) is 6.02. The van der Waals surface area contributed by atoms with Crippen LogP contribution in [0.2, 0.25) is 0 Å². The number of nitrogens with one attached hydrogen (secondary N) is 1. The SMILES string of the molecule is CCC1CCC(N(C)C2CCCNC2)CC1. The Morgan fingerprint density at radius 1 is 1.06 bits per heavy atom. The first-order valence-electron chi connectivity index (χ1n) is 7.24. The Bertz CT molecular complexity index is 191. The topological polar surface area (TPSA) is 15.3 Å². The summed E-state index contributed by atoms with van der Waals surface area (Å²) in [5, 5.41) is 3.53. The number of likely N-dealkylation sites (N-methyl/N-ethyl adjacent to an activating group) is 1. The van der Waals surface area contributed by atoms with Crippen molar-refractivity contribution in [3.8, 4) is 0 Å². The molecule has 1 aliphatic heterocycles. The molecule has 0 aromatic rings. The summed E-state index contributed by atoms with van der Waals surface area (Å²) in [6.45, 7) is 4.79. The van der Waals surface area contributed by atoms with Crippen LogP contribution in [0.1, 0.15) is 51.9 Å². The average Bonchev–Trinajstić information content (AvgIpc) is 2.39. The third-order valence-corrected chi connectivity index (χ3v) is 4.82. The molecule has 2 aliphatic rings. The fourth-order valence-corrected chi connectivity index (χ4v) is 3.44. The maximum absolute atomic E-state index is 3.53. The molecule has 1 aliphatic carbocycles. The summed E-state index contributed by atoms with van der Waals surface area (Å²) in [6.07, 6.45) is 9.95. The van der Waals surface area contributed by atoms with E-state index >= 15 is 0 Å². The molecule has 1 saturated carbocycles. The van der Waals surface area contributed by atoms with E-state index in [2.05, 4.69) is 24.2 Å². The van der Waals surface area contributed by atoms with E-state index in [0.717, 1.165) is 18.0 Å². The molecular weight excluding hydrogens is 196 g/mol. The molecule has 2 rings (SSSR count). The van der Waals surface area contributed by atoms with Crippen LogP contribution in [-0.2, 0) is 0 Å². The molecule has 0 spiro atoms. The fraction of sp³-hybridized carbons (Fsp3) is 1.00. The van der Waals surface area contributed by atoms with Crippen LogP contribution in [0, 0.1) is 5.92 Å². The Labute approximate surface area is 101 Å². The molecule has 2 fully saturated rings. The first-order chi connectivity index (χ1) is 7.81. The maximum atomic E-state index is 3.53. The highest BCUT2D eigenvalue weighted by atomic mass is 15.2. The van der Waals surface area contributed by atoms with E-state index in [1.165, 1.54) is 58.0 Å². The van der Waals surface area contributed by atoms with Crippen molar-refractivity contribution in [2.24, 2.45) is 5.92 Å². The minimum atomic E-state index is 0.803. The van der Waals surface area contributed by atoms with E-state index in [1.807, 2.05) is 0 Å². The molecule has 2 nitrogen and oxygen atoms in total. The minimum absolute atomic E-state index is 0.803. The minimum Gasteiger partial charge on any atom is -0.315 e. The van der Waals surface area contributed by atoms with Gasteiger partial charge in [-0.3, -0.25) is 4.90 Å². The third kappa shape index (κ3) is 2.98. The van der Waals surface area contributed by atoms with E-state index in [-0.39, 0.29) is 0 Å². The third-order valence-electron chi connectivity index (χ3n) is 4.82. The van der Waals surface area contributed by atoms with Crippen LogP contribution < -0.4 is 5.32 Å². The molecular formula is C14H28N2. The summed E-state index contributed by atoms with van der Waals surface area (Å²) in [4.78, 5) is 2.68. The molecule has 1 saturated heterocycles. The highest BCUT2D eigenvalue weighted by Gasteiger charge is 2.27. The van der Waals surface area contributed by atoms with Gasteiger partial charge in [-0.15, -0.1) is 0 Å². The molecule has 0 radical (unpaired) electrons. The zero-order valence-electron chi connectivity index (χ0n) is 11.0. The molecule has 2 heteroatoms. The molecule has 1 N–H and O–H groups in total. The van der Waals surface area contributed by atoms with Crippen molar-refractivity contribution in [2.75, 3.05) is 20.1 Å². The summed E-state index contributed by atoms with van der Waals surface area (Å²) in [5.74, 6) is 1.02. The van der Waals surface area contributed by atoms with Crippen molar-refractivity contribution in [3.05, 3.63) is 0 Å². The number of hydrogen-bond donors (Lipinski definition) is 1. The van der Waals surface area contributed by atoms with E-state index in [4.69, 9.17) is 0 Å². The number of piperidine rings is 1. The molecule has 94 valence electrons. The summed E-state index contributed by atoms with van der Waals surface area (Å²) < 4.78 is 0. The highest BCUT2D eigenvalue weighted by molar-refractivity contribution is 4.84. The van der Waals surface area contributed by atoms with Gasteiger partial charge in [0.1, 0.15) is 0 Å². The van der Waals surface area contributed by atoms with Crippen LogP contribution in [0.4, 0.5) is 0 Å². The summed E-state index contributed by atoms with van der Waals surface area (Å²) in [6, 6.07) is 1.67. The first kappa shape index (κ1) is 12.4. The number of rotatable bonds is 3. The Morgan fingerprint density at radius 3 is 2.38 bits per heavy atom. The van der Waals surface area contributed by atoms with Gasteiger partial charge in [0.25, 0.3) is 0 Å². The second-order valence-electron chi connectivity index (χ2n) is 5.75. The molecule has 1 unspecified atom stereocenters. The lowest BCUT2D eigenvalue weighted by Gasteiger charge is -2.40. The smallest absolute Gasteiger partial charge is 0.0220 e. The van der Waals surface area contributed by atoms with Gasteiger partial charge in [-0.05, 0) is 58.0 Å². The number of nitrogens with zero attached hydrogens (tertiary/aromatic N) is 1. The van der Waals surface area contributed by atoms with Crippen molar-refractivity contribution < 1.29 is 0 Å². The zero-order valence-corrected chi connectivity index (χ0v) is 11.0. The van der Waals surface area contributed by atoms with Gasteiger partial charge in [0.05, 0.1) is 0 Å². The Kier molecular flexibility index (Phi) is 4.66. The lowest BCUT2D eigenvalue weighted by molar-refractivity contribution is 0.104. The van der Waals surface area contributed by atoms with Crippen molar-refractivity contribution >= 4 is 0 Å². The predicted molar refractivity (Wildman–Crippen MR) is 69.7 cm³/mol. The average molecular weight is 224 g/mol. The maximum Gasteiger partial charge on any atom is 0.0220 e. The summed E-state index contributed by atoms with van der Waals surface area (Å²) >= 11 is 0. The van der Waals surface area contributed by atoms with Gasteiger partial charge < -0.3 is 5.32 Å². The zero-order chi connectivity index (χ0) is 11.4. The summed E-state index contributed by atoms with van der Waals surface area (Å²) in [5.41, 5.74) is 0. The predicted octanol–water partition coefficient (Wildman–Crippen LogP) is 2.64. The fourth-order valence-electron chi connectivity index (χ4n) is 3.44. The number of hydrogen-bond acceptors (Lipinski definition) is 2. The normalized spacial score (nSPS) is 36.6. The van der Waals surface area contributed by atoms with Gasteiger partial charge in [0.2, 0.25) is 0 Å². The summed E-state index contributed by atoms with van der Waals surface area (Å²) in [7, 11) is 2.36.